The molecule has 0 bridgehead atoms. The van der Waals surface area contributed by atoms with E-state index in [4.69, 9.17) is 0 Å². The quantitative estimate of drug-likeness (QED) is 0.589. The highest BCUT2D eigenvalue weighted by Gasteiger charge is 2.30. The topological polar surface area (TPSA) is 111 Å². The van der Waals surface area contributed by atoms with E-state index in [0.29, 0.717) is 30.8 Å². The number of sulfonamides is 1. The van der Waals surface area contributed by atoms with Crippen LogP contribution in [0, 0.1) is 11.3 Å². The Labute approximate surface area is 181 Å². The summed E-state index contributed by atoms with van der Waals surface area (Å²) in [5, 5.41) is 10.1. The zero-order chi connectivity index (χ0) is 21.8. The standard InChI is InChI=1S/C22H25N5O3S/c23-16-18-5-4-13-26(18)14-9-20(22(28)27-11-2-1-3-12-27)25-31(29,30)19-7-6-17-8-10-24-21(17)15-19/h4-8,10,13,15,20,24-25H,1-3,9,11-12,14H2. The Morgan fingerprint density at radius 2 is 2.00 bits per heavy atom. The summed E-state index contributed by atoms with van der Waals surface area (Å²) >= 11 is 0. The third kappa shape index (κ3) is 4.65. The second-order valence-corrected chi connectivity index (χ2v) is 9.49. The smallest absolute Gasteiger partial charge is 0.241 e. The van der Waals surface area contributed by atoms with Crippen LogP contribution in [0.1, 0.15) is 31.4 Å². The summed E-state index contributed by atoms with van der Waals surface area (Å²) in [6.45, 7) is 1.63. The number of aromatic amines is 1. The minimum absolute atomic E-state index is 0.109. The SMILES string of the molecule is N#Cc1cccn1CCC(NS(=O)(=O)c1ccc2cc[nH]c2c1)C(=O)N1CCCCC1. The van der Waals surface area contributed by atoms with Crippen LogP contribution in [-0.2, 0) is 21.4 Å². The molecule has 0 radical (unpaired) electrons. The largest absolute Gasteiger partial charge is 0.361 e. The van der Waals surface area contributed by atoms with Crippen LogP contribution >= 0.6 is 0 Å². The van der Waals surface area contributed by atoms with E-state index in [1.165, 1.54) is 0 Å². The number of aromatic nitrogens is 2. The number of aryl methyl sites for hydroxylation is 1. The van der Waals surface area contributed by atoms with Crippen LogP contribution < -0.4 is 4.72 Å². The average molecular weight is 440 g/mol. The molecule has 2 aromatic heterocycles. The number of H-pyrrole nitrogens is 1. The van der Waals surface area contributed by atoms with Crippen molar-refractivity contribution in [2.75, 3.05) is 13.1 Å². The molecule has 0 saturated carbocycles. The highest BCUT2D eigenvalue weighted by Crippen LogP contribution is 2.19. The monoisotopic (exact) mass is 439 g/mol. The molecule has 1 aromatic carbocycles. The van der Waals surface area contributed by atoms with E-state index in [0.717, 1.165) is 24.6 Å². The van der Waals surface area contributed by atoms with Crippen LogP contribution in [0.3, 0.4) is 0 Å². The first-order chi connectivity index (χ1) is 15.0. The molecule has 3 aromatic rings. The molecule has 3 heterocycles. The molecule has 1 fully saturated rings. The highest BCUT2D eigenvalue weighted by atomic mass is 32.2. The Balaban J connectivity index is 1.57. The maximum absolute atomic E-state index is 13.2. The zero-order valence-corrected chi connectivity index (χ0v) is 17.9. The van der Waals surface area contributed by atoms with Gasteiger partial charge in [0.15, 0.2) is 0 Å². The molecule has 9 heteroatoms. The fourth-order valence-electron chi connectivity index (χ4n) is 4.00. The van der Waals surface area contributed by atoms with Crippen LogP contribution in [0.15, 0.2) is 53.7 Å². The second-order valence-electron chi connectivity index (χ2n) is 7.77. The molecule has 1 aliphatic rings. The van der Waals surface area contributed by atoms with Crippen LogP contribution in [0.4, 0.5) is 0 Å². The lowest BCUT2D eigenvalue weighted by Crippen LogP contribution is -2.50. The van der Waals surface area contributed by atoms with Gasteiger partial charge < -0.3 is 14.5 Å². The van der Waals surface area contributed by atoms with Gasteiger partial charge in [0.1, 0.15) is 17.8 Å². The van der Waals surface area contributed by atoms with Crippen molar-refractivity contribution in [2.24, 2.45) is 0 Å². The normalized spacial score (nSPS) is 15.6. The van der Waals surface area contributed by atoms with E-state index in [-0.39, 0.29) is 17.2 Å². The summed E-state index contributed by atoms with van der Waals surface area (Å²) in [5.41, 5.74) is 1.19. The minimum atomic E-state index is -3.91. The van der Waals surface area contributed by atoms with Crippen molar-refractivity contribution < 1.29 is 13.2 Å². The minimum Gasteiger partial charge on any atom is -0.361 e. The lowest BCUT2D eigenvalue weighted by Gasteiger charge is -2.30. The maximum atomic E-state index is 13.2. The molecule has 2 N–H and O–H groups in total. The van der Waals surface area contributed by atoms with Crippen molar-refractivity contribution in [2.45, 2.75) is 43.2 Å². The van der Waals surface area contributed by atoms with Gasteiger partial charge in [0.25, 0.3) is 0 Å². The number of amides is 1. The fourth-order valence-corrected chi connectivity index (χ4v) is 5.25. The Morgan fingerprint density at radius 3 is 2.77 bits per heavy atom. The van der Waals surface area contributed by atoms with Crippen molar-refractivity contribution >= 4 is 26.8 Å². The van der Waals surface area contributed by atoms with Gasteiger partial charge in [-0.1, -0.05) is 6.07 Å². The first-order valence-corrected chi connectivity index (χ1v) is 11.9. The van der Waals surface area contributed by atoms with E-state index >= 15 is 0 Å². The van der Waals surface area contributed by atoms with Gasteiger partial charge in [0, 0.05) is 37.5 Å². The number of carbonyl (C=O) groups excluding carboxylic acids is 1. The lowest BCUT2D eigenvalue weighted by molar-refractivity contribution is -0.134. The summed E-state index contributed by atoms with van der Waals surface area (Å²) in [7, 11) is -3.91. The molecule has 1 atom stereocenters. The van der Waals surface area contributed by atoms with Gasteiger partial charge in [-0.25, -0.2) is 8.42 Å². The summed E-state index contributed by atoms with van der Waals surface area (Å²) in [6.07, 6.45) is 6.68. The van der Waals surface area contributed by atoms with Gasteiger partial charge in [-0.3, -0.25) is 4.79 Å². The molecule has 0 spiro atoms. The van der Waals surface area contributed by atoms with Crippen molar-refractivity contribution in [3.8, 4) is 6.07 Å². The summed E-state index contributed by atoms with van der Waals surface area (Å²) in [4.78, 5) is 18.1. The van der Waals surface area contributed by atoms with E-state index in [9.17, 15) is 18.5 Å². The van der Waals surface area contributed by atoms with Gasteiger partial charge >= 0.3 is 0 Å². The van der Waals surface area contributed by atoms with E-state index < -0.39 is 16.1 Å². The molecule has 31 heavy (non-hydrogen) atoms. The molecule has 1 aliphatic heterocycles. The Kier molecular flexibility index (Phi) is 6.11. The number of hydrogen-bond donors (Lipinski definition) is 2. The van der Waals surface area contributed by atoms with Crippen LogP contribution in [-0.4, -0.2) is 47.9 Å². The predicted molar refractivity (Wildman–Crippen MR) is 117 cm³/mol. The number of nitrogens with one attached hydrogen (secondary N) is 2. The molecule has 162 valence electrons. The molecule has 1 saturated heterocycles. The zero-order valence-electron chi connectivity index (χ0n) is 17.1. The van der Waals surface area contributed by atoms with Crippen LogP contribution in [0.5, 0.6) is 0 Å². The molecule has 1 amide bonds. The van der Waals surface area contributed by atoms with Crippen molar-refractivity contribution in [1.82, 2.24) is 19.2 Å². The number of carbonyl (C=O) groups is 1. The van der Waals surface area contributed by atoms with Crippen molar-refractivity contribution in [3.05, 3.63) is 54.5 Å². The number of rotatable bonds is 7. The number of nitriles is 1. The summed E-state index contributed by atoms with van der Waals surface area (Å²) in [6, 6.07) is 11.4. The molecular weight excluding hydrogens is 414 g/mol. The van der Waals surface area contributed by atoms with Crippen LogP contribution in [0.25, 0.3) is 10.9 Å². The highest BCUT2D eigenvalue weighted by molar-refractivity contribution is 7.89. The molecular formula is C22H25N5O3S. The number of piperidine rings is 1. The fraction of sp³-hybridized carbons (Fsp3) is 0.364. The Bertz CT molecular complexity index is 1220. The van der Waals surface area contributed by atoms with Gasteiger partial charge in [-0.15, -0.1) is 0 Å². The first kappa shape index (κ1) is 21.2. The van der Waals surface area contributed by atoms with Gasteiger partial charge in [0.2, 0.25) is 15.9 Å². The average Bonchev–Trinajstić information content (AvgIpc) is 3.45. The molecule has 8 nitrogen and oxygen atoms in total. The van der Waals surface area contributed by atoms with E-state index in [1.807, 2.05) is 6.07 Å². The Morgan fingerprint density at radius 1 is 1.19 bits per heavy atom. The number of nitrogens with zero attached hydrogens (tertiary/aromatic N) is 3. The number of benzene rings is 1. The van der Waals surface area contributed by atoms with E-state index in [2.05, 4.69) is 15.8 Å². The summed E-state index contributed by atoms with van der Waals surface area (Å²) in [5.74, 6) is -0.213. The number of hydrogen-bond acceptors (Lipinski definition) is 4. The van der Waals surface area contributed by atoms with Gasteiger partial charge in [0.05, 0.1) is 4.90 Å². The van der Waals surface area contributed by atoms with Gasteiger partial charge in [-0.05, 0) is 61.4 Å². The maximum Gasteiger partial charge on any atom is 0.241 e. The molecule has 1 unspecified atom stereocenters. The van der Waals surface area contributed by atoms with E-state index in [1.54, 1.807) is 52.2 Å². The lowest BCUT2D eigenvalue weighted by atomic mass is 10.1. The number of likely N-dealkylation sites (tertiary alicyclic amines) is 1. The molecule has 0 aliphatic carbocycles. The number of fused-ring (bicyclic) bond motifs is 1. The van der Waals surface area contributed by atoms with Gasteiger partial charge in [-0.2, -0.15) is 9.98 Å². The molecule has 4 rings (SSSR count). The van der Waals surface area contributed by atoms with Crippen molar-refractivity contribution in [3.63, 3.8) is 0 Å². The van der Waals surface area contributed by atoms with Crippen LogP contribution in [0.2, 0.25) is 0 Å². The Hall–Kier alpha value is -3.09. The second kappa shape index (κ2) is 8.96. The third-order valence-electron chi connectivity index (χ3n) is 5.70. The third-order valence-corrected chi connectivity index (χ3v) is 7.17. The van der Waals surface area contributed by atoms with Crippen molar-refractivity contribution in [1.29, 1.82) is 5.26 Å². The predicted octanol–water partition coefficient (Wildman–Crippen LogP) is 2.59. The summed E-state index contributed by atoms with van der Waals surface area (Å²) < 4.78 is 30.6. The first-order valence-electron chi connectivity index (χ1n) is 10.4.